The van der Waals surface area contributed by atoms with Gasteiger partial charge < -0.3 is 15.1 Å². The molecule has 1 saturated heterocycles. The topological polar surface area (TPSA) is 60.8 Å². The maximum Gasteiger partial charge on any atom is 0.407 e. The number of benzene rings is 1. The lowest BCUT2D eigenvalue weighted by Gasteiger charge is -2.59. The van der Waals surface area contributed by atoms with Crippen LogP contribution in [-0.4, -0.2) is 34.3 Å². The van der Waals surface area contributed by atoms with Crippen LogP contribution in [0.3, 0.4) is 0 Å². The number of amides is 1. The van der Waals surface area contributed by atoms with Crippen LogP contribution in [0.2, 0.25) is 0 Å². The molecule has 1 spiro atoms. The van der Waals surface area contributed by atoms with Crippen LogP contribution in [0.5, 0.6) is 0 Å². The number of carboxylic acid groups (broad SMARTS) is 1. The van der Waals surface area contributed by atoms with Crippen LogP contribution in [0.4, 0.5) is 4.79 Å². The summed E-state index contributed by atoms with van der Waals surface area (Å²) in [6, 6.07) is 9.69. The Morgan fingerprint density at radius 2 is 1.89 bits per heavy atom. The lowest BCUT2D eigenvalue weighted by atomic mass is 9.56. The fraction of sp³-hybridized carbons (Fsp3) is 0.500. The van der Waals surface area contributed by atoms with Gasteiger partial charge in [-0.05, 0) is 24.3 Å². The highest BCUT2D eigenvalue weighted by Crippen LogP contribution is 2.55. The number of aliphatic hydroxyl groups is 1. The fourth-order valence-electron chi connectivity index (χ4n) is 3.36. The largest absolute Gasteiger partial charge is 0.465 e. The molecule has 1 aliphatic carbocycles. The molecule has 1 aromatic rings. The molecular formula is C14H17NO3. The summed E-state index contributed by atoms with van der Waals surface area (Å²) in [5.74, 6) is 0.281. The van der Waals surface area contributed by atoms with Crippen molar-refractivity contribution < 1.29 is 15.0 Å². The summed E-state index contributed by atoms with van der Waals surface area (Å²) in [5, 5.41) is 19.1. The van der Waals surface area contributed by atoms with E-state index in [0.29, 0.717) is 13.1 Å². The van der Waals surface area contributed by atoms with E-state index in [2.05, 4.69) is 0 Å². The first kappa shape index (κ1) is 11.5. The summed E-state index contributed by atoms with van der Waals surface area (Å²) in [6.45, 7) is 1.28. The second-order valence-electron chi connectivity index (χ2n) is 5.66. The monoisotopic (exact) mass is 247 g/mol. The van der Waals surface area contributed by atoms with Gasteiger partial charge in [0.15, 0.2) is 0 Å². The third-order valence-corrected chi connectivity index (χ3v) is 4.30. The maximum atomic E-state index is 10.7. The number of hydrogen-bond donors (Lipinski definition) is 2. The third kappa shape index (κ3) is 1.77. The number of nitrogens with zero attached hydrogens (tertiary/aromatic N) is 1. The molecule has 96 valence electrons. The molecule has 0 aromatic heterocycles. The first-order valence-corrected chi connectivity index (χ1v) is 6.31. The fourth-order valence-corrected chi connectivity index (χ4v) is 3.36. The number of hydrogen-bond acceptors (Lipinski definition) is 2. The summed E-state index contributed by atoms with van der Waals surface area (Å²) in [7, 11) is 0. The summed E-state index contributed by atoms with van der Waals surface area (Å²) in [5.41, 5.74) is 1.13. The Labute approximate surface area is 106 Å². The zero-order chi connectivity index (χ0) is 12.8. The first-order chi connectivity index (χ1) is 8.60. The van der Waals surface area contributed by atoms with Crippen LogP contribution in [0.15, 0.2) is 30.3 Å². The van der Waals surface area contributed by atoms with Gasteiger partial charge in [0.05, 0.1) is 6.10 Å². The highest BCUT2D eigenvalue weighted by atomic mass is 16.4. The van der Waals surface area contributed by atoms with Crippen molar-refractivity contribution in [1.29, 1.82) is 0 Å². The van der Waals surface area contributed by atoms with Crippen molar-refractivity contribution in [2.24, 2.45) is 11.3 Å². The smallest absolute Gasteiger partial charge is 0.407 e. The van der Waals surface area contributed by atoms with Crippen molar-refractivity contribution in [3.8, 4) is 0 Å². The molecule has 1 saturated carbocycles. The molecule has 1 atom stereocenters. The van der Waals surface area contributed by atoms with Crippen molar-refractivity contribution in [3.05, 3.63) is 35.9 Å². The predicted molar refractivity (Wildman–Crippen MR) is 66.2 cm³/mol. The lowest BCUT2D eigenvalue weighted by Crippen LogP contribution is -2.64. The Balaban J connectivity index is 1.56. The molecule has 0 radical (unpaired) electrons. The molecule has 1 heterocycles. The number of carbonyl (C=O) groups is 1. The van der Waals surface area contributed by atoms with E-state index in [9.17, 15) is 9.90 Å². The third-order valence-electron chi connectivity index (χ3n) is 4.30. The minimum atomic E-state index is -0.826. The Morgan fingerprint density at radius 3 is 2.44 bits per heavy atom. The second-order valence-corrected chi connectivity index (χ2v) is 5.66. The molecule has 2 aliphatic rings. The van der Waals surface area contributed by atoms with Crippen molar-refractivity contribution in [3.63, 3.8) is 0 Å². The Hall–Kier alpha value is -1.55. The average Bonchev–Trinajstić information content (AvgIpc) is 2.25. The summed E-state index contributed by atoms with van der Waals surface area (Å²) >= 11 is 0. The Morgan fingerprint density at radius 1 is 1.28 bits per heavy atom. The molecule has 1 amide bonds. The quantitative estimate of drug-likeness (QED) is 0.841. The van der Waals surface area contributed by atoms with Crippen LogP contribution < -0.4 is 0 Å². The normalized spacial score (nSPS) is 23.3. The zero-order valence-corrected chi connectivity index (χ0v) is 10.1. The molecule has 2 fully saturated rings. The van der Waals surface area contributed by atoms with Gasteiger partial charge in [0.2, 0.25) is 0 Å². The van der Waals surface area contributed by atoms with Crippen LogP contribution in [0.25, 0.3) is 0 Å². The number of rotatable bonds is 2. The SMILES string of the molecule is O=C(O)N1CC2(CC(C(O)c3ccccc3)C2)C1. The van der Waals surface area contributed by atoms with Crippen LogP contribution >= 0.6 is 0 Å². The predicted octanol–water partition coefficient (Wildman–Crippen LogP) is 2.11. The van der Waals surface area contributed by atoms with Gasteiger partial charge in [-0.3, -0.25) is 0 Å². The van der Waals surface area contributed by atoms with E-state index in [-0.39, 0.29) is 11.3 Å². The van der Waals surface area contributed by atoms with Crippen LogP contribution in [0, 0.1) is 11.3 Å². The van der Waals surface area contributed by atoms with E-state index in [1.807, 2.05) is 30.3 Å². The molecule has 4 nitrogen and oxygen atoms in total. The van der Waals surface area contributed by atoms with Gasteiger partial charge in [0, 0.05) is 18.5 Å². The standard InChI is InChI=1S/C14H17NO3/c16-12(10-4-2-1-3-5-10)11-6-14(7-11)8-15(9-14)13(17)18/h1-5,11-12,16H,6-9H2,(H,17,18). The van der Waals surface area contributed by atoms with E-state index in [0.717, 1.165) is 18.4 Å². The lowest BCUT2D eigenvalue weighted by molar-refractivity contribution is -0.114. The Bertz CT molecular complexity index is 445. The maximum absolute atomic E-state index is 10.7. The van der Waals surface area contributed by atoms with Crippen molar-refractivity contribution >= 4 is 6.09 Å². The van der Waals surface area contributed by atoms with Gasteiger partial charge in [0.1, 0.15) is 0 Å². The van der Waals surface area contributed by atoms with Crippen molar-refractivity contribution in [1.82, 2.24) is 4.90 Å². The van der Waals surface area contributed by atoms with E-state index in [1.54, 1.807) is 0 Å². The molecular weight excluding hydrogens is 230 g/mol. The van der Waals surface area contributed by atoms with Crippen molar-refractivity contribution in [2.45, 2.75) is 18.9 Å². The van der Waals surface area contributed by atoms with E-state index in [1.165, 1.54) is 4.90 Å². The van der Waals surface area contributed by atoms with E-state index >= 15 is 0 Å². The summed E-state index contributed by atoms with van der Waals surface area (Å²) in [6.07, 6.45) is 0.642. The minimum Gasteiger partial charge on any atom is -0.465 e. The Kier molecular flexibility index (Phi) is 2.55. The van der Waals surface area contributed by atoms with Gasteiger partial charge in [-0.25, -0.2) is 4.79 Å². The van der Waals surface area contributed by atoms with Gasteiger partial charge in [-0.2, -0.15) is 0 Å². The minimum absolute atomic E-state index is 0.165. The average molecular weight is 247 g/mol. The van der Waals surface area contributed by atoms with Crippen molar-refractivity contribution in [2.75, 3.05) is 13.1 Å². The molecule has 3 rings (SSSR count). The molecule has 1 aromatic carbocycles. The summed E-state index contributed by atoms with van der Waals surface area (Å²) in [4.78, 5) is 12.2. The zero-order valence-electron chi connectivity index (χ0n) is 10.1. The van der Waals surface area contributed by atoms with Gasteiger partial charge >= 0.3 is 6.09 Å². The van der Waals surface area contributed by atoms with Gasteiger partial charge in [0.25, 0.3) is 0 Å². The highest BCUT2D eigenvalue weighted by Gasteiger charge is 2.55. The van der Waals surface area contributed by atoms with E-state index < -0.39 is 12.2 Å². The molecule has 4 heteroatoms. The summed E-state index contributed by atoms with van der Waals surface area (Å²) < 4.78 is 0. The molecule has 18 heavy (non-hydrogen) atoms. The molecule has 1 aliphatic heterocycles. The highest BCUT2D eigenvalue weighted by molar-refractivity contribution is 5.66. The first-order valence-electron chi connectivity index (χ1n) is 6.31. The van der Waals surface area contributed by atoms with Gasteiger partial charge in [-0.15, -0.1) is 0 Å². The second kappa shape index (κ2) is 3.99. The van der Waals surface area contributed by atoms with Crippen LogP contribution in [0.1, 0.15) is 24.5 Å². The van der Waals surface area contributed by atoms with E-state index in [4.69, 9.17) is 5.11 Å². The number of likely N-dealkylation sites (tertiary alicyclic amines) is 1. The van der Waals surface area contributed by atoms with Gasteiger partial charge in [-0.1, -0.05) is 30.3 Å². The molecule has 0 bridgehead atoms. The molecule has 2 N–H and O–H groups in total. The van der Waals surface area contributed by atoms with Crippen LogP contribution in [-0.2, 0) is 0 Å². The number of aliphatic hydroxyl groups excluding tert-OH is 1. The molecule has 1 unspecified atom stereocenters.